The monoisotopic (exact) mass is 330 g/mol. The normalized spacial score (nSPS) is 28.2. The number of carbonyl (C=O) groups is 2. The van der Waals surface area contributed by atoms with Gasteiger partial charge in [-0.2, -0.15) is 0 Å². The Morgan fingerprint density at radius 2 is 2.08 bits per heavy atom. The van der Waals surface area contributed by atoms with Crippen molar-refractivity contribution in [2.75, 3.05) is 26.2 Å². The summed E-state index contributed by atoms with van der Waals surface area (Å²) >= 11 is 0. The van der Waals surface area contributed by atoms with E-state index in [1.807, 2.05) is 11.0 Å². The van der Waals surface area contributed by atoms with Crippen molar-refractivity contribution in [3.63, 3.8) is 0 Å². The Labute approximate surface area is 143 Å². The van der Waals surface area contributed by atoms with Crippen LogP contribution >= 0.6 is 0 Å². The zero-order chi connectivity index (χ0) is 16.6. The molecular formula is C19H26N2O3. The number of fused-ring (bicyclic) bond motifs is 2. The van der Waals surface area contributed by atoms with E-state index >= 15 is 0 Å². The van der Waals surface area contributed by atoms with Crippen molar-refractivity contribution in [2.24, 2.45) is 5.41 Å². The lowest BCUT2D eigenvalue weighted by molar-refractivity contribution is -0.127. The lowest BCUT2D eigenvalue weighted by Gasteiger charge is -2.41. The molecule has 0 radical (unpaired) electrons. The van der Waals surface area contributed by atoms with Crippen molar-refractivity contribution >= 4 is 12.0 Å². The van der Waals surface area contributed by atoms with Crippen LogP contribution in [0.25, 0.3) is 0 Å². The maximum atomic E-state index is 12.3. The first kappa shape index (κ1) is 15.7. The van der Waals surface area contributed by atoms with Crippen LogP contribution in [0.3, 0.4) is 0 Å². The van der Waals surface area contributed by atoms with Gasteiger partial charge in [0.15, 0.2) is 0 Å². The van der Waals surface area contributed by atoms with Crippen LogP contribution in [0.1, 0.15) is 44.9 Å². The molecule has 4 rings (SSSR count). The molecule has 0 N–H and O–H groups in total. The molecule has 1 aliphatic carbocycles. The van der Waals surface area contributed by atoms with E-state index in [9.17, 15) is 9.59 Å². The summed E-state index contributed by atoms with van der Waals surface area (Å²) in [7, 11) is 0. The minimum absolute atomic E-state index is 0.110. The maximum absolute atomic E-state index is 12.3. The first-order chi connectivity index (χ1) is 11.7. The molecule has 1 unspecified atom stereocenters. The molecule has 3 saturated heterocycles. The Morgan fingerprint density at radius 1 is 1.25 bits per heavy atom. The summed E-state index contributed by atoms with van der Waals surface area (Å²) < 4.78 is 5.47. The summed E-state index contributed by atoms with van der Waals surface area (Å²) in [5.41, 5.74) is 1.20. The minimum Gasteiger partial charge on any atom is -0.445 e. The molecule has 0 aromatic carbocycles. The molecule has 0 aromatic rings. The van der Waals surface area contributed by atoms with Crippen LogP contribution in [0.4, 0.5) is 4.79 Å². The molecule has 130 valence electrons. The highest BCUT2D eigenvalue weighted by molar-refractivity contribution is 5.80. The van der Waals surface area contributed by atoms with E-state index in [1.54, 1.807) is 0 Å². The fourth-order valence-corrected chi connectivity index (χ4v) is 4.88. The van der Waals surface area contributed by atoms with Crippen molar-refractivity contribution in [1.29, 1.82) is 0 Å². The van der Waals surface area contributed by atoms with E-state index in [2.05, 4.69) is 17.1 Å². The lowest BCUT2D eigenvalue weighted by Crippen LogP contribution is -2.47. The van der Waals surface area contributed by atoms with E-state index in [4.69, 9.17) is 4.74 Å². The van der Waals surface area contributed by atoms with Gasteiger partial charge in [-0.1, -0.05) is 18.2 Å². The second-order valence-electron chi connectivity index (χ2n) is 7.58. The second kappa shape index (κ2) is 6.26. The number of allylic oxidation sites excluding steroid dienone is 2. The van der Waals surface area contributed by atoms with Crippen molar-refractivity contribution in [3.05, 3.63) is 23.8 Å². The average Bonchev–Trinajstić information content (AvgIpc) is 3.19. The number of piperidine rings is 1. The summed E-state index contributed by atoms with van der Waals surface area (Å²) in [5.74, 6) is 0.324. The fraction of sp³-hybridized carbons (Fsp3) is 0.684. The SMILES string of the molecule is O=C(OCC1=CCCC=C1)N1CCC2(CC1)CC(=O)N1CCCC12. The van der Waals surface area contributed by atoms with Crippen LogP contribution < -0.4 is 0 Å². The maximum Gasteiger partial charge on any atom is 0.410 e. The van der Waals surface area contributed by atoms with Gasteiger partial charge < -0.3 is 14.5 Å². The number of likely N-dealkylation sites (tertiary alicyclic amines) is 1. The largest absolute Gasteiger partial charge is 0.445 e. The zero-order valence-electron chi connectivity index (χ0n) is 14.2. The molecule has 5 nitrogen and oxygen atoms in total. The van der Waals surface area contributed by atoms with Gasteiger partial charge >= 0.3 is 6.09 Å². The lowest BCUT2D eigenvalue weighted by atomic mass is 9.71. The summed E-state index contributed by atoms with van der Waals surface area (Å²) in [4.78, 5) is 28.5. The summed E-state index contributed by atoms with van der Waals surface area (Å²) in [5, 5.41) is 0. The number of hydrogen-bond acceptors (Lipinski definition) is 3. The molecule has 0 saturated carbocycles. The number of ether oxygens (including phenoxy) is 1. The van der Waals surface area contributed by atoms with Gasteiger partial charge in [0.1, 0.15) is 6.61 Å². The smallest absolute Gasteiger partial charge is 0.410 e. The van der Waals surface area contributed by atoms with Gasteiger partial charge in [-0.3, -0.25) is 4.79 Å². The van der Waals surface area contributed by atoms with Gasteiger partial charge in [-0.05, 0) is 44.1 Å². The van der Waals surface area contributed by atoms with Gasteiger partial charge in [0.25, 0.3) is 0 Å². The van der Waals surface area contributed by atoms with Crippen LogP contribution in [0.5, 0.6) is 0 Å². The van der Waals surface area contributed by atoms with Crippen LogP contribution in [-0.4, -0.2) is 54.1 Å². The van der Waals surface area contributed by atoms with E-state index < -0.39 is 0 Å². The number of carbonyl (C=O) groups excluding carboxylic acids is 2. The van der Waals surface area contributed by atoms with E-state index in [0.717, 1.165) is 50.6 Å². The third-order valence-electron chi connectivity index (χ3n) is 6.23. The summed E-state index contributed by atoms with van der Waals surface area (Å²) in [6.45, 7) is 2.72. The highest BCUT2D eigenvalue weighted by Crippen LogP contribution is 2.49. The molecule has 3 fully saturated rings. The van der Waals surface area contributed by atoms with Gasteiger partial charge in [-0.25, -0.2) is 4.79 Å². The summed E-state index contributed by atoms with van der Waals surface area (Å²) in [6.07, 6.45) is 13.0. The fourth-order valence-electron chi connectivity index (χ4n) is 4.88. The third-order valence-corrected chi connectivity index (χ3v) is 6.23. The van der Waals surface area contributed by atoms with E-state index in [-0.39, 0.29) is 11.5 Å². The molecule has 0 bridgehead atoms. The highest BCUT2D eigenvalue weighted by Gasteiger charge is 2.54. The van der Waals surface area contributed by atoms with Crippen LogP contribution in [0.2, 0.25) is 0 Å². The van der Waals surface area contributed by atoms with Crippen molar-refractivity contribution in [2.45, 2.75) is 51.0 Å². The van der Waals surface area contributed by atoms with Crippen LogP contribution in [0, 0.1) is 5.41 Å². The molecule has 0 aromatic heterocycles. The molecule has 3 heterocycles. The number of nitrogens with zero attached hydrogens (tertiary/aromatic N) is 2. The molecule has 1 spiro atoms. The Morgan fingerprint density at radius 3 is 2.83 bits per heavy atom. The van der Waals surface area contributed by atoms with E-state index in [1.165, 1.54) is 0 Å². The van der Waals surface area contributed by atoms with Crippen LogP contribution in [0.15, 0.2) is 23.8 Å². The Kier molecular flexibility index (Phi) is 4.10. The predicted molar refractivity (Wildman–Crippen MR) is 90.4 cm³/mol. The molecular weight excluding hydrogens is 304 g/mol. The highest BCUT2D eigenvalue weighted by atomic mass is 16.6. The van der Waals surface area contributed by atoms with E-state index in [0.29, 0.717) is 38.1 Å². The third kappa shape index (κ3) is 2.74. The Hall–Kier alpha value is -1.78. The quantitative estimate of drug-likeness (QED) is 0.782. The number of rotatable bonds is 2. The topological polar surface area (TPSA) is 49.9 Å². The minimum atomic E-state index is -0.211. The van der Waals surface area contributed by atoms with Gasteiger partial charge in [0.2, 0.25) is 5.91 Å². The zero-order valence-corrected chi connectivity index (χ0v) is 14.2. The predicted octanol–water partition coefficient (Wildman–Crippen LogP) is 2.88. The van der Waals surface area contributed by atoms with Gasteiger partial charge in [0, 0.05) is 37.5 Å². The number of hydrogen-bond donors (Lipinski definition) is 0. The van der Waals surface area contributed by atoms with Crippen LogP contribution in [-0.2, 0) is 9.53 Å². The van der Waals surface area contributed by atoms with Crippen molar-refractivity contribution in [3.8, 4) is 0 Å². The molecule has 3 aliphatic heterocycles. The van der Waals surface area contributed by atoms with Gasteiger partial charge in [-0.15, -0.1) is 0 Å². The van der Waals surface area contributed by atoms with Gasteiger partial charge in [0.05, 0.1) is 0 Å². The Balaban J connectivity index is 1.31. The first-order valence-corrected chi connectivity index (χ1v) is 9.25. The molecule has 5 heteroatoms. The average molecular weight is 330 g/mol. The standard InChI is InChI=1S/C19H26N2O3/c22-17-13-19(16-7-4-10-21(16)17)8-11-20(12-9-19)18(23)24-14-15-5-2-1-3-6-15/h2,5-6,16H,1,3-4,7-14H2. The molecule has 24 heavy (non-hydrogen) atoms. The Bertz CT molecular complexity index is 587. The molecule has 4 aliphatic rings. The van der Waals surface area contributed by atoms with Crippen molar-refractivity contribution < 1.29 is 14.3 Å². The first-order valence-electron chi connectivity index (χ1n) is 9.25. The summed E-state index contributed by atoms with van der Waals surface area (Å²) in [6, 6.07) is 0.417. The second-order valence-corrected chi connectivity index (χ2v) is 7.58. The number of amides is 2. The molecule has 2 amide bonds. The molecule has 1 atom stereocenters. The van der Waals surface area contributed by atoms with Crippen molar-refractivity contribution in [1.82, 2.24) is 9.80 Å².